The number of rotatable bonds is 4. The summed E-state index contributed by atoms with van der Waals surface area (Å²) >= 11 is 0. The summed E-state index contributed by atoms with van der Waals surface area (Å²) in [4.78, 5) is 33.9. The molecule has 0 atom stereocenters. The number of hydrogen-bond donors (Lipinski definition) is 2. The lowest BCUT2D eigenvalue weighted by atomic mass is 9.69. The summed E-state index contributed by atoms with van der Waals surface area (Å²) in [5.74, 6) is 0.395. The van der Waals surface area contributed by atoms with Crippen LogP contribution in [-0.2, 0) is 10.4 Å². The predicted octanol–water partition coefficient (Wildman–Crippen LogP) is 2.35. The molecule has 1 saturated heterocycles. The number of hydrogen-bond acceptors (Lipinski definition) is 7. The van der Waals surface area contributed by atoms with Gasteiger partial charge in [-0.1, -0.05) is 0 Å². The van der Waals surface area contributed by atoms with Gasteiger partial charge in [0.2, 0.25) is 0 Å². The van der Waals surface area contributed by atoms with Crippen LogP contribution in [0, 0.1) is 11.3 Å². The Bertz CT molecular complexity index is 1090. The van der Waals surface area contributed by atoms with Gasteiger partial charge in [0.25, 0.3) is 0 Å². The Balaban J connectivity index is 1.42. The molecule has 0 spiro atoms. The van der Waals surface area contributed by atoms with Crippen molar-refractivity contribution in [2.45, 2.75) is 30.6 Å². The summed E-state index contributed by atoms with van der Waals surface area (Å²) in [6, 6.07) is 5.84. The molecule has 1 aliphatic carbocycles. The first kappa shape index (κ1) is 18.4. The molecular formula is C20H17FN6O3. The van der Waals surface area contributed by atoms with Crippen LogP contribution >= 0.6 is 0 Å². The van der Waals surface area contributed by atoms with Crippen molar-refractivity contribution < 1.29 is 18.7 Å². The molecule has 0 aromatic carbocycles. The number of nitrogens with one attached hydrogen (secondary N) is 2. The van der Waals surface area contributed by atoms with E-state index in [1.807, 2.05) is 0 Å². The lowest BCUT2D eigenvalue weighted by Crippen LogP contribution is -2.60. The summed E-state index contributed by atoms with van der Waals surface area (Å²) in [6.45, 7) is 1.08. The number of aldehydes is 1. The normalized spacial score (nSPS) is 24.0. The summed E-state index contributed by atoms with van der Waals surface area (Å²) in [5.41, 5.74) is -0.183. The number of pyridine rings is 2. The van der Waals surface area contributed by atoms with Gasteiger partial charge in [0.15, 0.2) is 6.29 Å². The number of anilines is 3. The second-order valence-electron chi connectivity index (χ2n) is 7.66. The second kappa shape index (κ2) is 6.74. The van der Waals surface area contributed by atoms with E-state index in [0.29, 0.717) is 36.3 Å². The standard InChI is InChI=1S/C20H17FN6O3/c21-20-4-14(5-20)27(18-15(20)2-1-12(8-28)25-18)19(29)26-17-3-16(11(6-22)7-23-17)24-13-9-30-10-13/h1-3,7-8,13-14H,4-5,9-10H2,(H2,23,24,26,29). The Hall–Kier alpha value is -3.58. The largest absolute Gasteiger partial charge is 0.377 e. The van der Waals surface area contributed by atoms with Gasteiger partial charge in [-0.2, -0.15) is 5.26 Å². The summed E-state index contributed by atoms with van der Waals surface area (Å²) in [7, 11) is 0. The number of ether oxygens (including phenoxy) is 1. The number of alkyl halides is 1. The number of nitrogens with zero attached hydrogens (tertiary/aromatic N) is 4. The van der Waals surface area contributed by atoms with Crippen LogP contribution < -0.4 is 15.5 Å². The lowest BCUT2D eigenvalue weighted by molar-refractivity contribution is 0.0211. The predicted molar refractivity (Wildman–Crippen MR) is 104 cm³/mol. The van der Waals surface area contributed by atoms with E-state index < -0.39 is 11.7 Å². The first-order chi connectivity index (χ1) is 14.5. The Kier molecular flexibility index (Phi) is 4.15. The maximum absolute atomic E-state index is 15.0. The van der Waals surface area contributed by atoms with Crippen LogP contribution in [0.2, 0.25) is 0 Å². The van der Waals surface area contributed by atoms with Gasteiger partial charge in [-0.15, -0.1) is 0 Å². The van der Waals surface area contributed by atoms with E-state index in [0.717, 1.165) is 0 Å². The van der Waals surface area contributed by atoms with Gasteiger partial charge >= 0.3 is 6.03 Å². The fourth-order valence-corrected chi connectivity index (χ4v) is 4.03. The van der Waals surface area contributed by atoms with Crippen LogP contribution in [0.15, 0.2) is 24.4 Å². The van der Waals surface area contributed by atoms with Crippen molar-refractivity contribution in [3.63, 3.8) is 0 Å². The number of urea groups is 1. The average Bonchev–Trinajstić information content (AvgIpc) is 2.69. The fraction of sp³-hybridized carbons (Fsp3) is 0.350. The summed E-state index contributed by atoms with van der Waals surface area (Å²) in [6.07, 6.45) is 2.31. The fourth-order valence-electron chi connectivity index (χ4n) is 4.03. The molecule has 9 nitrogen and oxygen atoms in total. The van der Waals surface area contributed by atoms with Gasteiger partial charge < -0.3 is 10.1 Å². The Morgan fingerprint density at radius 2 is 2.20 bits per heavy atom. The number of carbonyl (C=O) groups excluding carboxylic acids is 2. The third-order valence-electron chi connectivity index (χ3n) is 5.69. The van der Waals surface area contributed by atoms with E-state index in [2.05, 4.69) is 26.7 Å². The zero-order valence-corrected chi connectivity index (χ0v) is 15.8. The van der Waals surface area contributed by atoms with Gasteiger partial charge in [-0.05, 0) is 12.1 Å². The highest BCUT2D eigenvalue weighted by Crippen LogP contribution is 2.55. The highest BCUT2D eigenvalue weighted by atomic mass is 19.1. The van der Waals surface area contributed by atoms with Gasteiger partial charge in [0, 0.05) is 36.7 Å². The van der Waals surface area contributed by atoms with Crippen molar-refractivity contribution in [1.29, 1.82) is 5.26 Å². The van der Waals surface area contributed by atoms with E-state index in [9.17, 15) is 19.2 Å². The van der Waals surface area contributed by atoms with Crippen LogP contribution in [0.4, 0.5) is 26.5 Å². The van der Waals surface area contributed by atoms with Crippen molar-refractivity contribution in [2.75, 3.05) is 28.7 Å². The minimum Gasteiger partial charge on any atom is -0.377 e. The van der Waals surface area contributed by atoms with Crippen LogP contribution in [0.25, 0.3) is 0 Å². The molecule has 2 aromatic heterocycles. The molecule has 1 saturated carbocycles. The lowest BCUT2D eigenvalue weighted by Gasteiger charge is -2.52. The molecule has 4 aliphatic rings. The molecule has 2 amide bonds. The molecule has 2 aromatic rings. The van der Waals surface area contributed by atoms with Gasteiger partial charge in [0.05, 0.1) is 30.5 Å². The molecular weight excluding hydrogens is 391 g/mol. The van der Waals surface area contributed by atoms with Crippen molar-refractivity contribution in [1.82, 2.24) is 9.97 Å². The topological polar surface area (TPSA) is 120 Å². The van der Waals surface area contributed by atoms with Crippen LogP contribution in [-0.4, -0.2) is 47.6 Å². The first-order valence-electron chi connectivity index (χ1n) is 9.51. The molecule has 3 aliphatic heterocycles. The second-order valence-corrected chi connectivity index (χ2v) is 7.66. The molecule has 2 bridgehead atoms. The molecule has 5 heterocycles. The van der Waals surface area contributed by atoms with Crippen molar-refractivity contribution in [2.24, 2.45) is 0 Å². The number of amides is 2. The Labute approximate surface area is 170 Å². The SMILES string of the molecule is N#Cc1cnc(NC(=O)N2c3nc(C=O)ccc3C3(F)CC2C3)cc1NC1COC1. The summed E-state index contributed by atoms with van der Waals surface area (Å²) < 4.78 is 20.1. The highest BCUT2D eigenvalue weighted by Gasteiger charge is 2.57. The minimum atomic E-state index is -1.51. The van der Waals surface area contributed by atoms with E-state index in [4.69, 9.17) is 4.74 Å². The maximum atomic E-state index is 15.0. The number of carbonyl (C=O) groups is 2. The quantitative estimate of drug-likeness (QED) is 0.745. The van der Waals surface area contributed by atoms with Crippen molar-refractivity contribution in [3.8, 4) is 6.07 Å². The summed E-state index contributed by atoms with van der Waals surface area (Å²) in [5, 5.41) is 15.2. The van der Waals surface area contributed by atoms with Gasteiger partial charge in [-0.3, -0.25) is 15.0 Å². The minimum absolute atomic E-state index is 0.0932. The smallest absolute Gasteiger partial charge is 0.328 e. The van der Waals surface area contributed by atoms with E-state index in [-0.39, 0.29) is 42.3 Å². The van der Waals surface area contributed by atoms with Crippen molar-refractivity contribution >= 4 is 29.6 Å². The molecule has 6 rings (SSSR count). The molecule has 2 N–H and O–H groups in total. The van der Waals surface area contributed by atoms with Crippen LogP contribution in [0.5, 0.6) is 0 Å². The number of aromatic nitrogens is 2. The Morgan fingerprint density at radius 3 is 2.87 bits per heavy atom. The monoisotopic (exact) mass is 408 g/mol. The molecule has 152 valence electrons. The zero-order valence-electron chi connectivity index (χ0n) is 15.8. The maximum Gasteiger partial charge on any atom is 0.328 e. The van der Waals surface area contributed by atoms with Crippen molar-refractivity contribution in [3.05, 3.63) is 41.2 Å². The number of halogens is 1. The van der Waals surface area contributed by atoms with Crippen LogP contribution in [0.1, 0.15) is 34.5 Å². The first-order valence-corrected chi connectivity index (χ1v) is 9.51. The van der Waals surface area contributed by atoms with E-state index >= 15 is 0 Å². The van der Waals surface area contributed by atoms with Crippen LogP contribution in [0.3, 0.4) is 0 Å². The Morgan fingerprint density at radius 1 is 1.40 bits per heavy atom. The van der Waals surface area contributed by atoms with Gasteiger partial charge in [0.1, 0.15) is 29.1 Å². The molecule has 10 heteroatoms. The molecule has 30 heavy (non-hydrogen) atoms. The zero-order chi connectivity index (χ0) is 20.9. The average molecular weight is 408 g/mol. The highest BCUT2D eigenvalue weighted by molar-refractivity contribution is 6.03. The third-order valence-corrected chi connectivity index (χ3v) is 5.69. The molecule has 2 fully saturated rings. The number of nitriles is 1. The van der Waals surface area contributed by atoms with E-state index in [1.54, 1.807) is 6.07 Å². The van der Waals surface area contributed by atoms with E-state index in [1.165, 1.54) is 23.2 Å². The van der Waals surface area contributed by atoms with Gasteiger partial charge in [-0.25, -0.2) is 19.2 Å². The molecule has 0 unspecified atom stereocenters. The molecule has 0 radical (unpaired) electrons. The third kappa shape index (κ3) is 2.86.